The lowest BCUT2D eigenvalue weighted by atomic mass is 9.80. The zero-order chi connectivity index (χ0) is 19.4. The Hall–Kier alpha value is -3.19. The van der Waals surface area contributed by atoms with Gasteiger partial charge >= 0.3 is 5.91 Å². The van der Waals surface area contributed by atoms with Gasteiger partial charge in [0.1, 0.15) is 0 Å². The van der Waals surface area contributed by atoms with Crippen LogP contribution in [0.4, 0.5) is 0 Å². The van der Waals surface area contributed by atoms with Gasteiger partial charge in [0.15, 0.2) is 0 Å². The van der Waals surface area contributed by atoms with Crippen LogP contribution in [0.15, 0.2) is 47.3 Å². The number of benzene rings is 1. The van der Waals surface area contributed by atoms with Gasteiger partial charge in [0.2, 0.25) is 11.7 Å². The molecule has 2 unspecified atom stereocenters. The average Bonchev–Trinajstić information content (AvgIpc) is 3.37. The number of aromatic nitrogens is 2. The van der Waals surface area contributed by atoms with E-state index in [9.17, 15) is 9.59 Å². The van der Waals surface area contributed by atoms with E-state index >= 15 is 0 Å². The Labute approximate surface area is 161 Å². The molecule has 0 radical (unpaired) electrons. The minimum atomic E-state index is -0.235. The van der Waals surface area contributed by atoms with Gasteiger partial charge in [-0.25, -0.2) is 0 Å². The standard InChI is InChI=1S/C21H20N4O3/c1-22-20(26)13-8-15-14-4-3-5-16-19(14)12(9-17(15)24(2)10-13)11-25(16)21(27)18-6-7-23-28-18/h3-8,11,13,17H,9-10H2,1-2H3,(H,22,26). The van der Waals surface area contributed by atoms with Gasteiger partial charge in [0.05, 0.1) is 17.6 Å². The fraction of sp³-hybridized carbons (Fsp3) is 0.286. The summed E-state index contributed by atoms with van der Waals surface area (Å²) in [5, 5.41) is 7.47. The minimum Gasteiger partial charge on any atom is -0.359 e. The second-order valence-electron chi connectivity index (χ2n) is 7.41. The molecule has 0 fully saturated rings. The maximum atomic E-state index is 12.9. The van der Waals surface area contributed by atoms with Crippen LogP contribution in [0.2, 0.25) is 0 Å². The van der Waals surface area contributed by atoms with Gasteiger partial charge in [0.25, 0.3) is 0 Å². The van der Waals surface area contributed by atoms with Crippen LogP contribution in [0.3, 0.4) is 0 Å². The van der Waals surface area contributed by atoms with Crippen molar-refractivity contribution in [1.29, 1.82) is 0 Å². The van der Waals surface area contributed by atoms with Gasteiger partial charge in [-0.2, -0.15) is 0 Å². The first kappa shape index (κ1) is 16.9. The van der Waals surface area contributed by atoms with Crippen LogP contribution >= 0.6 is 0 Å². The number of hydrogen-bond acceptors (Lipinski definition) is 5. The first-order chi connectivity index (χ1) is 13.6. The third-order valence-corrected chi connectivity index (χ3v) is 5.84. The summed E-state index contributed by atoms with van der Waals surface area (Å²) in [6, 6.07) is 7.74. The van der Waals surface area contributed by atoms with Crippen molar-refractivity contribution in [3.63, 3.8) is 0 Å². The summed E-state index contributed by atoms with van der Waals surface area (Å²) >= 11 is 0. The summed E-state index contributed by atoms with van der Waals surface area (Å²) < 4.78 is 6.71. The lowest BCUT2D eigenvalue weighted by Gasteiger charge is -2.39. The van der Waals surface area contributed by atoms with Crippen molar-refractivity contribution in [2.75, 3.05) is 20.6 Å². The fourth-order valence-electron chi connectivity index (χ4n) is 4.52. The Balaban J connectivity index is 1.68. The maximum absolute atomic E-state index is 12.9. The summed E-state index contributed by atoms with van der Waals surface area (Å²) in [5.41, 5.74) is 4.22. The topological polar surface area (TPSA) is 80.4 Å². The fourth-order valence-corrected chi connectivity index (χ4v) is 4.52. The number of hydrogen-bond donors (Lipinski definition) is 1. The molecule has 3 heterocycles. The highest BCUT2D eigenvalue weighted by Gasteiger charge is 2.36. The Morgan fingerprint density at radius 3 is 2.89 bits per heavy atom. The SMILES string of the molecule is CNC(=O)C1C=C2c3cccc4c3c(cn4C(=O)c3ccno3)CC2N(C)C1. The predicted octanol–water partition coefficient (Wildman–Crippen LogP) is 1.93. The maximum Gasteiger partial charge on any atom is 0.300 e. The number of carbonyl (C=O) groups is 2. The monoisotopic (exact) mass is 376 g/mol. The normalized spacial score (nSPS) is 21.3. The first-order valence-electron chi connectivity index (χ1n) is 9.30. The van der Waals surface area contributed by atoms with Gasteiger partial charge < -0.3 is 9.84 Å². The van der Waals surface area contributed by atoms with Crippen molar-refractivity contribution in [3.8, 4) is 0 Å². The Bertz CT molecular complexity index is 1130. The van der Waals surface area contributed by atoms with E-state index in [0.717, 1.165) is 34.0 Å². The van der Waals surface area contributed by atoms with Crippen molar-refractivity contribution in [1.82, 2.24) is 19.9 Å². The van der Waals surface area contributed by atoms with Gasteiger partial charge in [0, 0.05) is 37.3 Å². The molecule has 1 aliphatic heterocycles. The molecule has 2 atom stereocenters. The van der Waals surface area contributed by atoms with E-state index in [4.69, 9.17) is 4.52 Å². The quantitative estimate of drug-likeness (QED) is 0.739. The number of nitrogens with zero attached hydrogens (tertiary/aromatic N) is 3. The van der Waals surface area contributed by atoms with E-state index in [1.54, 1.807) is 17.7 Å². The highest BCUT2D eigenvalue weighted by Crippen LogP contribution is 2.41. The van der Waals surface area contributed by atoms with E-state index in [1.165, 1.54) is 6.20 Å². The predicted molar refractivity (Wildman–Crippen MR) is 104 cm³/mol. The molecule has 1 amide bonds. The molecule has 0 saturated carbocycles. The molecule has 2 aromatic heterocycles. The summed E-state index contributed by atoms with van der Waals surface area (Å²) in [6.07, 6.45) is 6.27. The highest BCUT2D eigenvalue weighted by atomic mass is 16.5. The van der Waals surface area contributed by atoms with E-state index in [-0.39, 0.29) is 29.5 Å². The highest BCUT2D eigenvalue weighted by molar-refractivity contribution is 6.06. The van der Waals surface area contributed by atoms with Crippen LogP contribution in [-0.4, -0.2) is 53.1 Å². The second kappa shape index (κ2) is 6.17. The minimum absolute atomic E-state index is 0.0221. The van der Waals surface area contributed by atoms with Crippen molar-refractivity contribution in [2.24, 2.45) is 5.92 Å². The lowest BCUT2D eigenvalue weighted by Crippen LogP contribution is -2.46. The molecule has 1 aliphatic carbocycles. The summed E-state index contributed by atoms with van der Waals surface area (Å²) in [5.74, 6) is -0.187. The van der Waals surface area contributed by atoms with Crippen LogP contribution < -0.4 is 5.32 Å². The van der Waals surface area contributed by atoms with Crippen LogP contribution in [0.25, 0.3) is 16.5 Å². The summed E-state index contributed by atoms with van der Waals surface area (Å²) in [6.45, 7) is 0.677. The molecule has 3 aromatic rings. The molecule has 7 heteroatoms. The summed E-state index contributed by atoms with van der Waals surface area (Å²) in [4.78, 5) is 27.4. The number of fused-ring (bicyclic) bond motifs is 2. The third kappa shape index (κ3) is 2.36. The molecule has 0 bridgehead atoms. The zero-order valence-corrected chi connectivity index (χ0v) is 15.7. The molecule has 142 valence electrons. The average molecular weight is 376 g/mol. The smallest absolute Gasteiger partial charge is 0.300 e. The number of carbonyl (C=O) groups excluding carboxylic acids is 2. The molecule has 2 aliphatic rings. The molecular weight excluding hydrogens is 356 g/mol. The van der Waals surface area contributed by atoms with Crippen LogP contribution in [0.1, 0.15) is 21.7 Å². The Kier molecular flexibility index (Phi) is 3.73. The molecule has 7 nitrogen and oxygen atoms in total. The molecule has 5 rings (SSSR count). The van der Waals surface area contributed by atoms with Crippen molar-refractivity contribution >= 4 is 28.3 Å². The molecule has 0 spiro atoms. The van der Waals surface area contributed by atoms with Gasteiger partial charge in [-0.1, -0.05) is 23.4 Å². The molecular formula is C21H20N4O3. The van der Waals surface area contributed by atoms with E-state index in [0.29, 0.717) is 6.54 Å². The zero-order valence-electron chi connectivity index (χ0n) is 15.7. The van der Waals surface area contributed by atoms with Crippen molar-refractivity contribution < 1.29 is 14.1 Å². The number of likely N-dealkylation sites (N-methyl/N-ethyl adjacent to an activating group) is 1. The largest absolute Gasteiger partial charge is 0.359 e. The number of nitrogens with one attached hydrogen (secondary N) is 1. The second-order valence-corrected chi connectivity index (χ2v) is 7.41. The number of amides is 1. The van der Waals surface area contributed by atoms with E-state index in [1.807, 2.05) is 18.3 Å². The van der Waals surface area contributed by atoms with Gasteiger partial charge in [-0.3, -0.25) is 19.1 Å². The molecule has 1 aromatic carbocycles. The lowest BCUT2D eigenvalue weighted by molar-refractivity contribution is -0.123. The van der Waals surface area contributed by atoms with Crippen LogP contribution in [0.5, 0.6) is 0 Å². The van der Waals surface area contributed by atoms with Gasteiger partial charge in [-0.05, 0) is 36.2 Å². The molecule has 28 heavy (non-hydrogen) atoms. The Morgan fingerprint density at radius 1 is 1.29 bits per heavy atom. The molecule has 0 saturated heterocycles. The first-order valence-corrected chi connectivity index (χ1v) is 9.30. The van der Waals surface area contributed by atoms with Crippen LogP contribution in [-0.2, 0) is 11.2 Å². The molecule has 1 N–H and O–H groups in total. The van der Waals surface area contributed by atoms with Gasteiger partial charge in [-0.15, -0.1) is 0 Å². The number of rotatable bonds is 2. The van der Waals surface area contributed by atoms with Crippen molar-refractivity contribution in [2.45, 2.75) is 12.5 Å². The van der Waals surface area contributed by atoms with Crippen LogP contribution in [0, 0.1) is 5.92 Å². The third-order valence-electron chi connectivity index (χ3n) is 5.84. The van der Waals surface area contributed by atoms with E-state index in [2.05, 4.69) is 34.6 Å². The van der Waals surface area contributed by atoms with Crippen molar-refractivity contribution in [3.05, 3.63) is 59.6 Å². The van der Waals surface area contributed by atoms with E-state index < -0.39 is 0 Å². The summed E-state index contributed by atoms with van der Waals surface area (Å²) in [7, 11) is 3.72. The Morgan fingerprint density at radius 2 is 2.14 bits per heavy atom.